The molecular weight excluding hydrogens is 362 g/mol. The molecule has 3 rings (SSSR count). The average Bonchev–Trinajstić information content (AvgIpc) is 2.76. The zero-order chi connectivity index (χ0) is 20.2. The van der Waals surface area contributed by atoms with Crippen LogP contribution < -0.4 is 10.9 Å². The van der Waals surface area contributed by atoms with Gasteiger partial charge >= 0.3 is 0 Å². The second-order valence-corrected chi connectivity index (χ2v) is 5.89. The van der Waals surface area contributed by atoms with Gasteiger partial charge in [-0.1, -0.05) is 72.8 Å². The van der Waals surface area contributed by atoms with E-state index in [0.29, 0.717) is 11.5 Å². The summed E-state index contributed by atoms with van der Waals surface area (Å²) in [6.45, 7) is 1.80. The van der Waals surface area contributed by atoms with Crippen LogP contribution in [-0.2, 0) is 0 Å². The number of benzene rings is 2. The molecule has 0 spiro atoms. The topological polar surface area (TPSA) is 87.5 Å². The normalized spacial score (nSPS) is 11.8. The van der Waals surface area contributed by atoms with Gasteiger partial charge in [0.05, 0.1) is 0 Å². The highest BCUT2D eigenvalue weighted by atomic mass is 15.4. The van der Waals surface area contributed by atoms with Gasteiger partial charge in [0.2, 0.25) is 0 Å². The number of hydrogen-bond donors (Lipinski definition) is 2. The van der Waals surface area contributed by atoms with Crippen molar-refractivity contribution in [2.75, 3.05) is 10.9 Å². The Balaban J connectivity index is 1.52. The molecule has 7 heteroatoms. The summed E-state index contributed by atoms with van der Waals surface area (Å²) < 4.78 is 0. The first-order valence-corrected chi connectivity index (χ1v) is 9.04. The molecule has 0 saturated heterocycles. The lowest BCUT2D eigenvalue weighted by molar-refractivity contribution is 0.922. The van der Waals surface area contributed by atoms with Crippen LogP contribution in [0.4, 0.5) is 11.8 Å². The third-order valence-electron chi connectivity index (χ3n) is 3.69. The van der Waals surface area contributed by atoms with Crippen LogP contribution in [0.5, 0.6) is 0 Å². The molecule has 29 heavy (non-hydrogen) atoms. The van der Waals surface area contributed by atoms with Crippen molar-refractivity contribution in [1.82, 2.24) is 15.2 Å². The van der Waals surface area contributed by atoms with Gasteiger partial charge in [0.25, 0.3) is 5.95 Å². The van der Waals surface area contributed by atoms with Crippen molar-refractivity contribution in [3.05, 3.63) is 89.6 Å². The van der Waals surface area contributed by atoms with E-state index in [2.05, 4.69) is 36.2 Å². The predicted octanol–water partition coefficient (Wildman–Crippen LogP) is 4.40. The third kappa shape index (κ3) is 6.84. The molecule has 1 aromatic heterocycles. The first kappa shape index (κ1) is 19.6. The molecule has 0 radical (unpaired) electrons. The van der Waals surface area contributed by atoms with Crippen LogP contribution in [-0.4, -0.2) is 27.6 Å². The van der Waals surface area contributed by atoms with Crippen molar-refractivity contribution >= 4 is 36.3 Å². The van der Waals surface area contributed by atoms with Gasteiger partial charge in [-0.15, -0.1) is 10.2 Å². The van der Waals surface area contributed by atoms with Gasteiger partial charge in [0.15, 0.2) is 5.82 Å². The van der Waals surface area contributed by atoms with Crippen molar-refractivity contribution in [3.63, 3.8) is 0 Å². The number of hydrogen-bond acceptors (Lipinski definition) is 7. The lowest BCUT2D eigenvalue weighted by Gasteiger charge is -2.03. The van der Waals surface area contributed by atoms with Crippen molar-refractivity contribution in [2.24, 2.45) is 10.2 Å². The fourth-order valence-corrected chi connectivity index (χ4v) is 2.25. The molecule has 2 aromatic carbocycles. The van der Waals surface area contributed by atoms with E-state index in [4.69, 9.17) is 0 Å². The van der Waals surface area contributed by atoms with Crippen molar-refractivity contribution in [3.8, 4) is 0 Å². The highest BCUT2D eigenvalue weighted by Gasteiger charge is 2.03. The minimum absolute atomic E-state index is 0.275. The van der Waals surface area contributed by atoms with E-state index in [9.17, 15) is 0 Å². The maximum Gasteiger partial charge on any atom is 0.265 e. The Labute approximate surface area is 169 Å². The summed E-state index contributed by atoms with van der Waals surface area (Å²) in [7, 11) is 0. The average molecular weight is 383 g/mol. The Morgan fingerprint density at radius 2 is 1.28 bits per heavy atom. The summed E-state index contributed by atoms with van der Waals surface area (Å²) >= 11 is 0. The Hall–Kier alpha value is -4.13. The molecule has 2 N–H and O–H groups in total. The lowest BCUT2D eigenvalue weighted by Crippen LogP contribution is -2.04. The van der Waals surface area contributed by atoms with E-state index in [1.807, 2.05) is 85.0 Å². The quantitative estimate of drug-likeness (QED) is 0.445. The Bertz CT molecular complexity index is 1010. The lowest BCUT2D eigenvalue weighted by atomic mass is 10.2. The predicted molar refractivity (Wildman–Crippen MR) is 120 cm³/mol. The van der Waals surface area contributed by atoms with Gasteiger partial charge in [-0.05, 0) is 30.2 Å². The molecule has 0 aliphatic heterocycles. The van der Waals surface area contributed by atoms with Crippen LogP contribution in [0.1, 0.15) is 16.8 Å². The highest BCUT2D eigenvalue weighted by Crippen LogP contribution is 2.09. The molecular formula is C22H21N7. The molecule has 7 nitrogen and oxygen atoms in total. The smallest absolute Gasteiger partial charge is 0.260 e. The van der Waals surface area contributed by atoms with Crippen LogP contribution in [0.25, 0.3) is 12.2 Å². The largest absolute Gasteiger partial charge is 0.265 e. The molecule has 0 aliphatic rings. The zero-order valence-electron chi connectivity index (χ0n) is 16.0. The summed E-state index contributed by atoms with van der Waals surface area (Å²) in [5.41, 5.74) is 8.44. The molecule has 3 aromatic rings. The monoisotopic (exact) mass is 383 g/mol. The summed E-state index contributed by atoms with van der Waals surface area (Å²) in [5, 5.41) is 16.2. The summed E-state index contributed by atoms with van der Waals surface area (Å²) in [4.78, 5) is 4.31. The first-order valence-electron chi connectivity index (χ1n) is 9.04. The second-order valence-electron chi connectivity index (χ2n) is 5.89. The number of nitrogens with zero attached hydrogens (tertiary/aromatic N) is 5. The maximum atomic E-state index is 4.31. The Morgan fingerprint density at radius 3 is 1.86 bits per heavy atom. The SMILES string of the molecule is Cc1nnc(N/N=C\C=C\c2ccccc2)nc1N/N=C\C=C\c1ccccc1. The summed E-state index contributed by atoms with van der Waals surface area (Å²) in [6, 6.07) is 19.9. The van der Waals surface area contributed by atoms with Crippen LogP contribution in [0, 0.1) is 6.92 Å². The molecule has 0 saturated carbocycles. The van der Waals surface area contributed by atoms with E-state index in [-0.39, 0.29) is 5.95 Å². The van der Waals surface area contributed by atoms with Crippen LogP contribution in [0.3, 0.4) is 0 Å². The number of anilines is 2. The van der Waals surface area contributed by atoms with Crippen LogP contribution in [0.2, 0.25) is 0 Å². The standard InChI is InChI=1S/C22H21N7/c1-18-21(27-23-16-8-14-19-10-4-2-5-11-19)25-22(29-26-18)28-24-17-9-15-20-12-6-3-7-13-20/h2-17H,1H3,(H2,25,27,28,29)/b14-8+,15-9+,23-16-,24-17-. The second kappa shape index (κ2) is 10.9. The number of aromatic nitrogens is 3. The maximum absolute atomic E-state index is 4.31. The van der Waals surface area contributed by atoms with Gasteiger partial charge < -0.3 is 0 Å². The molecule has 144 valence electrons. The van der Waals surface area contributed by atoms with Crippen LogP contribution >= 0.6 is 0 Å². The zero-order valence-corrected chi connectivity index (χ0v) is 16.0. The van der Waals surface area contributed by atoms with E-state index >= 15 is 0 Å². The van der Waals surface area contributed by atoms with Crippen molar-refractivity contribution < 1.29 is 0 Å². The summed E-state index contributed by atoms with van der Waals surface area (Å²) in [6.07, 6.45) is 10.8. The first-order chi connectivity index (χ1) is 14.3. The van der Waals surface area contributed by atoms with Gasteiger partial charge in [0, 0.05) is 12.4 Å². The number of hydrazone groups is 2. The van der Waals surface area contributed by atoms with Crippen molar-refractivity contribution in [1.29, 1.82) is 0 Å². The molecule has 0 amide bonds. The molecule has 0 atom stereocenters. The Morgan fingerprint density at radius 1 is 0.724 bits per heavy atom. The number of rotatable bonds is 8. The number of aryl methyl sites for hydroxylation is 1. The fraction of sp³-hybridized carbons (Fsp3) is 0.0455. The molecule has 0 fully saturated rings. The number of nitrogens with one attached hydrogen (secondary N) is 2. The number of allylic oxidation sites excluding steroid dienone is 2. The van der Waals surface area contributed by atoms with Crippen molar-refractivity contribution in [2.45, 2.75) is 6.92 Å². The fourth-order valence-electron chi connectivity index (χ4n) is 2.25. The molecule has 0 unspecified atom stereocenters. The van der Waals surface area contributed by atoms with Crippen LogP contribution in [0.15, 0.2) is 83.0 Å². The van der Waals surface area contributed by atoms with Gasteiger partial charge in [-0.25, -0.2) is 5.43 Å². The third-order valence-corrected chi connectivity index (χ3v) is 3.69. The minimum Gasteiger partial charge on any atom is -0.260 e. The van der Waals surface area contributed by atoms with E-state index < -0.39 is 0 Å². The molecule has 0 bridgehead atoms. The van der Waals surface area contributed by atoms with Gasteiger partial charge in [0.1, 0.15) is 5.69 Å². The van der Waals surface area contributed by atoms with Gasteiger partial charge in [-0.2, -0.15) is 15.2 Å². The molecule has 0 aliphatic carbocycles. The Kier molecular flexibility index (Phi) is 7.37. The highest BCUT2D eigenvalue weighted by molar-refractivity contribution is 5.79. The molecule has 1 heterocycles. The summed E-state index contributed by atoms with van der Waals surface area (Å²) in [5.74, 6) is 0.777. The minimum atomic E-state index is 0.275. The van der Waals surface area contributed by atoms with E-state index in [0.717, 1.165) is 11.1 Å². The van der Waals surface area contributed by atoms with Gasteiger partial charge in [-0.3, -0.25) is 5.43 Å². The van der Waals surface area contributed by atoms with E-state index in [1.165, 1.54) is 0 Å². The van der Waals surface area contributed by atoms with E-state index in [1.54, 1.807) is 19.4 Å².